The molecule has 156 valence electrons. The van der Waals surface area contributed by atoms with E-state index in [1.807, 2.05) is 27.7 Å². The average molecular weight is 391 g/mol. The van der Waals surface area contributed by atoms with Crippen LogP contribution in [-0.2, 0) is 19.1 Å². The van der Waals surface area contributed by atoms with Crippen LogP contribution in [0.1, 0.15) is 67.2 Å². The van der Waals surface area contributed by atoms with Crippen LogP contribution in [0, 0.1) is 23.7 Å². The quantitative estimate of drug-likeness (QED) is 0.586. The minimum absolute atomic E-state index is 0.00515. The van der Waals surface area contributed by atoms with Crippen LogP contribution in [0.15, 0.2) is 23.3 Å². The van der Waals surface area contributed by atoms with E-state index < -0.39 is 17.6 Å². The van der Waals surface area contributed by atoms with Crippen molar-refractivity contribution in [3.63, 3.8) is 0 Å². The van der Waals surface area contributed by atoms with Gasteiger partial charge in [0.15, 0.2) is 0 Å². The number of rotatable bonds is 3. The molecule has 5 heteroatoms. The molecule has 1 heterocycles. The third-order valence-corrected chi connectivity index (χ3v) is 6.31. The molecule has 5 unspecified atom stereocenters. The third-order valence-electron chi connectivity index (χ3n) is 6.31. The SMILES string of the molecule is CC(=O)CC1C=C(C)C(O)CC2C(C(C)C)=CC(=O)OC2(C)CCC(C)C1=O. The van der Waals surface area contributed by atoms with Crippen LogP contribution in [0.25, 0.3) is 0 Å². The Bertz CT molecular complexity index is 702. The van der Waals surface area contributed by atoms with E-state index in [4.69, 9.17) is 4.74 Å². The van der Waals surface area contributed by atoms with E-state index in [0.717, 1.165) is 5.57 Å². The van der Waals surface area contributed by atoms with E-state index in [1.165, 1.54) is 6.92 Å². The molecule has 0 aromatic heterocycles. The van der Waals surface area contributed by atoms with Gasteiger partial charge in [-0.3, -0.25) is 9.59 Å². The van der Waals surface area contributed by atoms with Crippen molar-refractivity contribution in [1.82, 2.24) is 0 Å². The number of carbonyl (C=O) groups excluding carboxylic acids is 3. The molecule has 0 aromatic rings. The van der Waals surface area contributed by atoms with Crippen molar-refractivity contribution < 1.29 is 24.2 Å². The number of aliphatic hydroxyl groups excluding tert-OH is 1. The minimum Gasteiger partial charge on any atom is -0.456 e. The fourth-order valence-corrected chi connectivity index (χ4v) is 4.50. The molecule has 0 bridgehead atoms. The predicted molar refractivity (Wildman–Crippen MR) is 107 cm³/mol. The summed E-state index contributed by atoms with van der Waals surface area (Å²) < 4.78 is 5.78. The lowest BCUT2D eigenvalue weighted by atomic mass is 9.71. The molecule has 0 radical (unpaired) electrons. The van der Waals surface area contributed by atoms with Crippen molar-refractivity contribution in [1.29, 1.82) is 0 Å². The number of allylic oxidation sites excluding steroid dienone is 1. The molecule has 28 heavy (non-hydrogen) atoms. The maximum absolute atomic E-state index is 13.0. The van der Waals surface area contributed by atoms with Crippen LogP contribution in [0.4, 0.5) is 0 Å². The van der Waals surface area contributed by atoms with Gasteiger partial charge in [0, 0.05) is 30.3 Å². The fourth-order valence-electron chi connectivity index (χ4n) is 4.50. The molecule has 0 saturated carbocycles. The normalized spacial score (nSPS) is 34.7. The highest BCUT2D eigenvalue weighted by atomic mass is 16.6. The average Bonchev–Trinajstić information content (AvgIpc) is 2.59. The summed E-state index contributed by atoms with van der Waals surface area (Å²) in [5.74, 6) is -1.12. The van der Waals surface area contributed by atoms with Crippen LogP contribution in [0.5, 0.6) is 0 Å². The van der Waals surface area contributed by atoms with E-state index in [9.17, 15) is 19.5 Å². The lowest BCUT2D eigenvalue weighted by Crippen LogP contribution is -2.46. The maximum atomic E-state index is 13.0. The summed E-state index contributed by atoms with van der Waals surface area (Å²) in [7, 11) is 0. The zero-order chi connectivity index (χ0) is 21.2. The lowest BCUT2D eigenvalue weighted by molar-refractivity contribution is -0.162. The highest BCUT2D eigenvalue weighted by Gasteiger charge is 2.45. The molecule has 0 aromatic carbocycles. The number of esters is 1. The molecule has 1 aliphatic carbocycles. The third kappa shape index (κ3) is 4.99. The van der Waals surface area contributed by atoms with E-state index >= 15 is 0 Å². The Morgan fingerprint density at radius 3 is 2.57 bits per heavy atom. The summed E-state index contributed by atoms with van der Waals surface area (Å²) >= 11 is 0. The molecule has 0 saturated heterocycles. The van der Waals surface area contributed by atoms with Gasteiger partial charge < -0.3 is 9.84 Å². The number of ether oxygens (including phenoxy) is 1. The van der Waals surface area contributed by atoms with Gasteiger partial charge >= 0.3 is 5.97 Å². The Hall–Kier alpha value is -1.75. The molecule has 5 atom stereocenters. The van der Waals surface area contributed by atoms with Crippen molar-refractivity contribution in [2.24, 2.45) is 23.7 Å². The van der Waals surface area contributed by atoms with E-state index in [2.05, 4.69) is 0 Å². The van der Waals surface area contributed by atoms with Gasteiger partial charge in [-0.25, -0.2) is 4.79 Å². The van der Waals surface area contributed by atoms with Gasteiger partial charge in [-0.1, -0.05) is 32.4 Å². The second-order valence-electron chi connectivity index (χ2n) is 9.10. The highest BCUT2D eigenvalue weighted by Crippen LogP contribution is 2.43. The van der Waals surface area contributed by atoms with Crippen LogP contribution in [-0.4, -0.2) is 34.3 Å². The molecular formula is C23H34O5. The summed E-state index contributed by atoms with van der Waals surface area (Å²) in [5, 5.41) is 10.9. The lowest BCUT2D eigenvalue weighted by Gasteiger charge is -2.43. The first-order valence-electron chi connectivity index (χ1n) is 10.3. The number of ketones is 2. The molecule has 0 spiro atoms. The summed E-state index contributed by atoms with van der Waals surface area (Å²) in [6, 6.07) is 0. The Labute approximate surface area is 168 Å². The number of hydrogen-bond donors (Lipinski definition) is 1. The van der Waals surface area contributed by atoms with Gasteiger partial charge in [0.05, 0.1) is 6.10 Å². The molecule has 2 aliphatic rings. The van der Waals surface area contributed by atoms with Gasteiger partial charge in [0.1, 0.15) is 17.2 Å². The number of carbonyl (C=O) groups is 3. The first-order valence-corrected chi connectivity index (χ1v) is 10.3. The Morgan fingerprint density at radius 2 is 2.00 bits per heavy atom. The Kier molecular flexibility index (Phi) is 7.02. The summed E-state index contributed by atoms with van der Waals surface area (Å²) in [6.07, 6.45) is 4.25. The molecular weight excluding hydrogens is 356 g/mol. The van der Waals surface area contributed by atoms with Gasteiger partial charge in [-0.2, -0.15) is 0 Å². The summed E-state index contributed by atoms with van der Waals surface area (Å²) in [5.41, 5.74) is 0.918. The zero-order valence-corrected chi connectivity index (χ0v) is 18.0. The zero-order valence-electron chi connectivity index (χ0n) is 18.0. The molecule has 1 aliphatic heterocycles. The number of Topliss-reactive ketones (excluding diaryl/α,β-unsaturated/α-hetero) is 2. The molecule has 1 N–H and O–H groups in total. The standard InChI is InChI=1S/C23H34O5/c1-13(2)18-11-21(26)28-23(6)8-7-14(3)22(27)17(10-16(5)24)9-15(4)20(25)12-19(18)23/h9,11,13-14,17,19-20,25H,7-8,10,12H2,1-6H3. The van der Waals surface area contributed by atoms with Crippen molar-refractivity contribution in [2.45, 2.75) is 78.9 Å². The van der Waals surface area contributed by atoms with E-state index in [-0.39, 0.29) is 41.7 Å². The highest BCUT2D eigenvalue weighted by molar-refractivity contribution is 5.90. The topological polar surface area (TPSA) is 80.7 Å². The van der Waals surface area contributed by atoms with Crippen molar-refractivity contribution in [2.75, 3.05) is 0 Å². The Balaban J connectivity index is 2.48. The number of fused-ring (bicyclic) bond motifs is 1. The fraction of sp³-hybridized carbons (Fsp3) is 0.696. The second kappa shape index (κ2) is 8.73. The summed E-state index contributed by atoms with van der Waals surface area (Å²) in [4.78, 5) is 36.9. The monoisotopic (exact) mass is 390 g/mol. The van der Waals surface area contributed by atoms with Crippen LogP contribution in [0.3, 0.4) is 0 Å². The smallest absolute Gasteiger partial charge is 0.331 e. The maximum Gasteiger partial charge on any atom is 0.331 e. The predicted octanol–water partition coefficient (Wildman–Crippen LogP) is 3.79. The van der Waals surface area contributed by atoms with Crippen molar-refractivity contribution >= 4 is 17.5 Å². The van der Waals surface area contributed by atoms with Gasteiger partial charge in [-0.15, -0.1) is 0 Å². The number of hydrogen-bond acceptors (Lipinski definition) is 5. The number of aliphatic hydroxyl groups is 1. The molecule has 0 amide bonds. The van der Waals surface area contributed by atoms with E-state index in [0.29, 0.717) is 24.8 Å². The van der Waals surface area contributed by atoms with Crippen molar-refractivity contribution in [3.8, 4) is 0 Å². The minimum atomic E-state index is -0.765. The van der Waals surface area contributed by atoms with Crippen molar-refractivity contribution in [3.05, 3.63) is 23.3 Å². The first-order chi connectivity index (χ1) is 12.9. The Morgan fingerprint density at radius 1 is 1.36 bits per heavy atom. The summed E-state index contributed by atoms with van der Waals surface area (Å²) in [6.45, 7) is 11.2. The van der Waals surface area contributed by atoms with Crippen LogP contribution in [0.2, 0.25) is 0 Å². The largest absolute Gasteiger partial charge is 0.456 e. The molecule has 2 rings (SSSR count). The van der Waals surface area contributed by atoms with Gasteiger partial charge in [-0.05, 0) is 51.5 Å². The van der Waals surface area contributed by atoms with Crippen LogP contribution >= 0.6 is 0 Å². The van der Waals surface area contributed by atoms with Gasteiger partial charge in [0.25, 0.3) is 0 Å². The molecule has 5 nitrogen and oxygen atoms in total. The van der Waals surface area contributed by atoms with E-state index in [1.54, 1.807) is 19.1 Å². The second-order valence-corrected chi connectivity index (χ2v) is 9.10. The van der Waals surface area contributed by atoms with Gasteiger partial charge in [0.2, 0.25) is 0 Å². The van der Waals surface area contributed by atoms with Crippen LogP contribution < -0.4 is 0 Å². The first kappa shape index (κ1) is 22.5. The molecule has 0 fully saturated rings.